The van der Waals surface area contributed by atoms with Gasteiger partial charge in [-0.2, -0.15) is 0 Å². The van der Waals surface area contributed by atoms with E-state index in [2.05, 4.69) is 38.4 Å². The number of anilines is 1. The number of hydrogen-bond donors (Lipinski definition) is 1. The standard InChI is InChI=1S/C10H14N6O3/c1-4-6-15(7-5-2)10(11-3)12-8-9(16(17)18)14-19-13-8/h4-5H,1-2,6-7H2,3H3,(H,11,12,13). The van der Waals surface area contributed by atoms with Gasteiger partial charge in [-0.15, -0.1) is 17.8 Å². The van der Waals surface area contributed by atoms with Crippen molar-refractivity contribution in [3.63, 3.8) is 0 Å². The first-order valence-corrected chi connectivity index (χ1v) is 5.31. The van der Waals surface area contributed by atoms with Crippen LogP contribution in [0.15, 0.2) is 34.9 Å². The molecule has 1 N–H and O–H groups in total. The molecular weight excluding hydrogens is 252 g/mol. The minimum Gasteiger partial charge on any atom is -0.358 e. The molecule has 0 saturated carbocycles. The molecular formula is C10H14N6O3. The Morgan fingerprint density at radius 3 is 2.63 bits per heavy atom. The zero-order valence-electron chi connectivity index (χ0n) is 10.4. The van der Waals surface area contributed by atoms with Crippen LogP contribution in [0.3, 0.4) is 0 Å². The fourth-order valence-electron chi connectivity index (χ4n) is 1.32. The minimum absolute atomic E-state index is 0.108. The number of nitrogens with one attached hydrogen (secondary N) is 1. The second-order valence-corrected chi connectivity index (χ2v) is 3.35. The lowest BCUT2D eigenvalue weighted by Gasteiger charge is -2.22. The fourth-order valence-corrected chi connectivity index (χ4v) is 1.32. The van der Waals surface area contributed by atoms with Gasteiger partial charge in [-0.05, 0) is 4.92 Å². The van der Waals surface area contributed by atoms with Crippen LogP contribution in [0.25, 0.3) is 0 Å². The van der Waals surface area contributed by atoms with Crippen LogP contribution in [-0.4, -0.2) is 46.2 Å². The van der Waals surface area contributed by atoms with E-state index in [0.717, 1.165) is 0 Å². The summed E-state index contributed by atoms with van der Waals surface area (Å²) in [7, 11) is 1.54. The van der Waals surface area contributed by atoms with Gasteiger partial charge < -0.3 is 20.3 Å². The third kappa shape index (κ3) is 3.63. The minimum atomic E-state index is -0.697. The maximum Gasteiger partial charge on any atom is 0.459 e. The van der Waals surface area contributed by atoms with Gasteiger partial charge in [0.1, 0.15) is 0 Å². The highest BCUT2D eigenvalue weighted by Gasteiger charge is 2.24. The Bertz CT molecular complexity index is 485. The Morgan fingerprint density at radius 1 is 1.53 bits per heavy atom. The summed E-state index contributed by atoms with van der Waals surface area (Å²) in [6.07, 6.45) is 3.34. The van der Waals surface area contributed by atoms with E-state index in [1.54, 1.807) is 24.1 Å². The maximum atomic E-state index is 10.7. The van der Waals surface area contributed by atoms with Gasteiger partial charge in [0.25, 0.3) is 5.82 Å². The lowest BCUT2D eigenvalue weighted by molar-refractivity contribution is -0.389. The van der Waals surface area contributed by atoms with E-state index in [0.29, 0.717) is 19.0 Å². The number of aliphatic imine (C=N–C) groups is 1. The normalized spacial score (nSPS) is 10.9. The molecule has 0 saturated heterocycles. The van der Waals surface area contributed by atoms with Gasteiger partial charge in [0.2, 0.25) is 0 Å². The lowest BCUT2D eigenvalue weighted by atomic mass is 10.4. The molecule has 0 unspecified atom stereocenters. The van der Waals surface area contributed by atoms with Crippen LogP contribution in [-0.2, 0) is 0 Å². The van der Waals surface area contributed by atoms with Crippen LogP contribution in [0.1, 0.15) is 0 Å². The van der Waals surface area contributed by atoms with Gasteiger partial charge in [0.05, 0.1) is 0 Å². The Hall–Kier alpha value is -2.71. The van der Waals surface area contributed by atoms with E-state index >= 15 is 0 Å². The summed E-state index contributed by atoms with van der Waals surface area (Å²) < 4.78 is 4.33. The van der Waals surface area contributed by atoms with Crippen molar-refractivity contribution in [2.45, 2.75) is 0 Å². The summed E-state index contributed by atoms with van der Waals surface area (Å²) in [5, 5.41) is 20.0. The summed E-state index contributed by atoms with van der Waals surface area (Å²) in [5.41, 5.74) is 0. The molecule has 0 fully saturated rings. The summed E-state index contributed by atoms with van der Waals surface area (Å²) in [6.45, 7) is 8.24. The topological polar surface area (TPSA) is 110 Å². The third-order valence-electron chi connectivity index (χ3n) is 2.08. The van der Waals surface area contributed by atoms with E-state index in [4.69, 9.17) is 0 Å². The van der Waals surface area contributed by atoms with E-state index in [1.165, 1.54) is 0 Å². The van der Waals surface area contributed by atoms with Crippen molar-refractivity contribution in [3.05, 3.63) is 35.4 Å². The molecule has 1 rings (SSSR count). The largest absolute Gasteiger partial charge is 0.459 e. The molecule has 9 nitrogen and oxygen atoms in total. The van der Waals surface area contributed by atoms with Crippen LogP contribution in [0.2, 0.25) is 0 Å². The maximum absolute atomic E-state index is 10.7. The van der Waals surface area contributed by atoms with Crippen molar-refractivity contribution in [2.75, 3.05) is 25.5 Å². The van der Waals surface area contributed by atoms with Crippen LogP contribution < -0.4 is 5.32 Å². The van der Waals surface area contributed by atoms with Crippen molar-refractivity contribution >= 4 is 17.6 Å². The van der Waals surface area contributed by atoms with Crippen LogP contribution in [0.5, 0.6) is 0 Å². The average Bonchev–Trinajstić information content (AvgIpc) is 2.84. The Labute approximate surface area is 109 Å². The molecule has 0 aliphatic rings. The van der Waals surface area contributed by atoms with Gasteiger partial charge >= 0.3 is 5.82 Å². The predicted molar refractivity (Wildman–Crippen MR) is 69.9 cm³/mol. The van der Waals surface area contributed by atoms with E-state index < -0.39 is 10.7 Å². The highest BCUT2D eigenvalue weighted by molar-refractivity contribution is 5.94. The van der Waals surface area contributed by atoms with Gasteiger partial charge in [0.15, 0.2) is 11.1 Å². The number of aromatic nitrogens is 2. The second kappa shape index (κ2) is 6.89. The molecule has 1 aromatic rings. The number of hydrogen-bond acceptors (Lipinski definition) is 6. The van der Waals surface area contributed by atoms with E-state index in [1.807, 2.05) is 0 Å². The molecule has 0 aromatic carbocycles. The van der Waals surface area contributed by atoms with Gasteiger partial charge in [-0.25, -0.2) is 0 Å². The molecule has 1 aromatic heterocycles. The summed E-state index contributed by atoms with van der Waals surface area (Å²) in [5.74, 6) is -0.236. The number of nitrogens with zero attached hydrogens (tertiary/aromatic N) is 5. The molecule has 1 heterocycles. The quantitative estimate of drug-likeness (QED) is 0.269. The molecule has 102 valence electrons. The summed E-state index contributed by atoms with van der Waals surface area (Å²) >= 11 is 0. The SMILES string of the molecule is C=CCN(CC=C)C(=NC)Nc1nonc1[N+](=O)[O-]. The van der Waals surface area contributed by atoms with Crippen LogP contribution >= 0.6 is 0 Å². The number of rotatable bonds is 6. The molecule has 9 heteroatoms. The van der Waals surface area contributed by atoms with E-state index in [9.17, 15) is 10.1 Å². The van der Waals surface area contributed by atoms with Crippen molar-refractivity contribution in [3.8, 4) is 0 Å². The average molecular weight is 266 g/mol. The van der Waals surface area contributed by atoms with Crippen LogP contribution in [0, 0.1) is 10.1 Å². The first-order chi connectivity index (χ1) is 9.13. The Balaban J connectivity index is 2.92. The molecule has 0 atom stereocenters. The first kappa shape index (κ1) is 14.4. The first-order valence-electron chi connectivity index (χ1n) is 5.31. The third-order valence-corrected chi connectivity index (χ3v) is 2.08. The van der Waals surface area contributed by atoms with Gasteiger partial charge in [-0.3, -0.25) is 4.99 Å². The summed E-state index contributed by atoms with van der Waals surface area (Å²) in [6, 6.07) is 0. The zero-order chi connectivity index (χ0) is 14.3. The molecule has 0 amide bonds. The number of nitro groups is 1. The van der Waals surface area contributed by atoms with Crippen molar-refractivity contribution < 1.29 is 9.55 Å². The lowest BCUT2D eigenvalue weighted by Crippen LogP contribution is -2.36. The highest BCUT2D eigenvalue weighted by Crippen LogP contribution is 2.18. The Morgan fingerprint density at radius 2 is 2.16 bits per heavy atom. The van der Waals surface area contributed by atoms with Gasteiger partial charge in [-0.1, -0.05) is 12.2 Å². The molecule has 0 radical (unpaired) electrons. The number of guanidine groups is 1. The predicted octanol–water partition coefficient (Wildman–Crippen LogP) is 1.05. The molecule has 19 heavy (non-hydrogen) atoms. The fraction of sp³-hybridized carbons (Fsp3) is 0.300. The van der Waals surface area contributed by atoms with Crippen molar-refractivity contribution in [2.24, 2.45) is 4.99 Å². The molecule has 0 spiro atoms. The Kier molecular flexibility index (Phi) is 5.20. The highest BCUT2D eigenvalue weighted by atomic mass is 16.6. The second-order valence-electron chi connectivity index (χ2n) is 3.35. The zero-order valence-corrected chi connectivity index (χ0v) is 10.4. The van der Waals surface area contributed by atoms with Crippen LogP contribution in [0.4, 0.5) is 11.6 Å². The van der Waals surface area contributed by atoms with Crippen molar-refractivity contribution in [1.29, 1.82) is 0 Å². The van der Waals surface area contributed by atoms with Gasteiger partial charge in [0, 0.05) is 25.3 Å². The van der Waals surface area contributed by atoms with Crippen molar-refractivity contribution in [1.82, 2.24) is 15.2 Å². The van der Waals surface area contributed by atoms with E-state index in [-0.39, 0.29) is 5.82 Å². The summed E-state index contributed by atoms with van der Waals surface area (Å²) in [4.78, 5) is 15.8. The molecule has 0 aliphatic heterocycles. The molecule has 0 bridgehead atoms. The monoisotopic (exact) mass is 266 g/mol. The molecule has 0 aliphatic carbocycles. The smallest absolute Gasteiger partial charge is 0.358 e.